The van der Waals surface area contributed by atoms with E-state index in [1.807, 2.05) is 37.3 Å². The molecule has 2 aromatic rings. The summed E-state index contributed by atoms with van der Waals surface area (Å²) >= 11 is 5.95. The summed E-state index contributed by atoms with van der Waals surface area (Å²) in [5.41, 5.74) is 1.72. The lowest BCUT2D eigenvalue weighted by Crippen LogP contribution is -2.38. The number of benzene rings is 2. The maximum absolute atomic E-state index is 12.4. The lowest BCUT2D eigenvalue weighted by Gasteiger charge is -2.28. The minimum Gasteiger partial charge on any atom is -0.464 e. The first kappa shape index (κ1) is 17.6. The van der Waals surface area contributed by atoms with Gasteiger partial charge in [-0.05, 0) is 31.2 Å². The van der Waals surface area contributed by atoms with E-state index in [1.165, 1.54) is 0 Å². The number of anilines is 1. The van der Waals surface area contributed by atoms with E-state index in [9.17, 15) is 4.79 Å². The summed E-state index contributed by atoms with van der Waals surface area (Å²) in [7, 11) is 0. The zero-order valence-corrected chi connectivity index (χ0v) is 14.8. The van der Waals surface area contributed by atoms with Crippen LogP contribution in [-0.4, -0.2) is 30.3 Å². The van der Waals surface area contributed by atoms with Gasteiger partial charge < -0.3 is 19.7 Å². The van der Waals surface area contributed by atoms with Crippen LogP contribution in [0.2, 0.25) is 5.02 Å². The second kappa shape index (κ2) is 8.23. The summed E-state index contributed by atoms with van der Waals surface area (Å²) < 4.78 is 11.6. The molecule has 0 radical (unpaired) electrons. The van der Waals surface area contributed by atoms with Crippen molar-refractivity contribution >= 4 is 23.3 Å². The monoisotopic (exact) mass is 360 g/mol. The fraction of sp³-hybridized carbons (Fsp3) is 0.316. The summed E-state index contributed by atoms with van der Waals surface area (Å²) in [5.74, 6) is 0.852. The Balaban J connectivity index is 1.53. The van der Waals surface area contributed by atoms with Crippen LogP contribution in [0.25, 0.3) is 0 Å². The number of nitrogens with one attached hydrogen (secondary N) is 1. The van der Waals surface area contributed by atoms with Crippen molar-refractivity contribution in [2.45, 2.75) is 26.2 Å². The third kappa shape index (κ3) is 4.65. The van der Waals surface area contributed by atoms with Crippen molar-refractivity contribution in [3.05, 3.63) is 59.1 Å². The van der Waals surface area contributed by atoms with Gasteiger partial charge in [0.25, 0.3) is 0 Å². The highest BCUT2D eigenvalue weighted by atomic mass is 35.5. The Morgan fingerprint density at radius 2 is 2.12 bits per heavy atom. The first-order valence-electron chi connectivity index (χ1n) is 8.33. The number of nitrogens with zero attached hydrogens (tertiary/aromatic N) is 1. The van der Waals surface area contributed by atoms with Crippen molar-refractivity contribution < 1.29 is 14.3 Å². The lowest BCUT2D eigenvalue weighted by atomic mass is 10.2. The zero-order chi connectivity index (χ0) is 17.6. The molecule has 0 spiro atoms. The van der Waals surface area contributed by atoms with E-state index in [0.29, 0.717) is 36.8 Å². The molecule has 2 aromatic carbocycles. The van der Waals surface area contributed by atoms with Crippen LogP contribution in [0.4, 0.5) is 10.5 Å². The van der Waals surface area contributed by atoms with Gasteiger partial charge in [0.15, 0.2) is 0 Å². The Morgan fingerprint density at radius 1 is 1.28 bits per heavy atom. The molecule has 0 fully saturated rings. The third-order valence-corrected chi connectivity index (χ3v) is 4.27. The molecule has 0 saturated carbocycles. The van der Waals surface area contributed by atoms with E-state index < -0.39 is 0 Å². The number of rotatable bonds is 5. The highest BCUT2D eigenvalue weighted by molar-refractivity contribution is 6.30. The number of fused-ring (bicyclic) bond motifs is 1. The van der Waals surface area contributed by atoms with Crippen molar-refractivity contribution in [2.24, 2.45) is 0 Å². The van der Waals surface area contributed by atoms with Gasteiger partial charge in [-0.1, -0.05) is 35.9 Å². The van der Waals surface area contributed by atoms with E-state index in [2.05, 4.69) is 5.32 Å². The Kier molecular flexibility index (Phi) is 5.79. The van der Waals surface area contributed by atoms with Gasteiger partial charge in [0, 0.05) is 35.8 Å². The van der Waals surface area contributed by atoms with Crippen LogP contribution >= 0.6 is 11.6 Å². The molecule has 1 aliphatic rings. The van der Waals surface area contributed by atoms with E-state index in [-0.39, 0.29) is 12.3 Å². The smallest absolute Gasteiger partial charge is 0.321 e. The lowest BCUT2D eigenvalue weighted by molar-refractivity contribution is -0.113. The van der Waals surface area contributed by atoms with Crippen molar-refractivity contribution in [2.75, 3.05) is 18.4 Å². The van der Waals surface area contributed by atoms with Crippen LogP contribution < -0.4 is 10.1 Å². The minimum absolute atomic E-state index is 0.166. The van der Waals surface area contributed by atoms with Gasteiger partial charge in [0.05, 0.1) is 6.61 Å². The van der Waals surface area contributed by atoms with E-state index >= 15 is 0 Å². The fourth-order valence-corrected chi connectivity index (χ4v) is 2.86. The molecular formula is C19H21ClN2O3. The van der Waals surface area contributed by atoms with Crippen LogP contribution in [0.1, 0.15) is 18.9 Å². The zero-order valence-electron chi connectivity index (χ0n) is 14.1. The number of ether oxygens (including phenoxy) is 2. The number of carbonyl (C=O) groups excluding carboxylic acids is 1. The Morgan fingerprint density at radius 3 is 2.92 bits per heavy atom. The van der Waals surface area contributed by atoms with Gasteiger partial charge in [-0.15, -0.1) is 0 Å². The van der Waals surface area contributed by atoms with Gasteiger partial charge in [0.2, 0.25) is 6.29 Å². The van der Waals surface area contributed by atoms with E-state index in [0.717, 1.165) is 11.3 Å². The molecule has 25 heavy (non-hydrogen) atoms. The Labute approximate surface area is 152 Å². The molecular weight excluding hydrogens is 340 g/mol. The van der Waals surface area contributed by atoms with Crippen LogP contribution in [0.3, 0.4) is 0 Å². The standard InChI is InChI=1S/C19H21ClN2O3/c1-2-22(19(23)21-16-8-5-7-15(20)12-16)11-10-18-24-13-14-6-3-4-9-17(14)25-18/h3-9,12,18H,2,10-11,13H2,1H3,(H,21,23). The summed E-state index contributed by atoms with van der Waals surface area (Å²) in [5, 5.41) is 3.44. The molecule has 1 N–H and O–H groups in total. The van der Waals surface area contributed by atoms with Crippen molar-refractivity contribution in [3.63, 3.8) is 0 Å². The van der Waals surface area contributed by atoms with Gasteiger partial charge in [0.1, 0.15) is 5.75 Å². The Bertz CT molecular complexity index is 738. The summed E-state index contributed by atoms with van der Waals surface area (Å²) in [6.07, 6.45) is 0.258. The topological polar surface area (TPSA) is 50.8 Å². The predicted octanol–water partition coefficient (Wildman–Crippen LogP) is 4.52. The number of halogens is 1. The first-order chi connectivity index (χ1) is 12.2. The number of hydrogen-bond acceptors (Lipinski definition) is 3. The maximum atomic E-state index is 12.4. The van der Waals surface area contributed by atoms with Crippen LogP contribution in [0.5, 0.6) is 5.75 Å². The average molecular weight is 361 g/mol. The number of carbonyl (C=O) groups is 1. The van der Waals surface area contributed by atoms with Gasteiger partial charge >= 0.3 is 6.03 Å². The van der Waals surface area contributed by atoms with Crippen molar-refractivity contribution in [1.82, 2.24) is 4.90 Å². The van der Waals surface area contributed by atoms with Crippen molar-refractivity contribution in [1.29, 1.82) is 0 Å². The summed E-state index contributed by atoms with van der Waals surface area (Å²) in [6, 6.07) is 14.8. The highest BCUT2D eigenvalue weighted by Crippen LogP contribution is 2.26. The van der Waals surface area contributed by atoms with Crippen LogP contribution in [0.15, 0.2) is 48.5 Å². The molecule has 1 atom stereocenters. The predicted molar refractivity (Wildman–Crippen MR) is 98.0 cm³/mol. The van der Waals surface area contributed by atoms with E-state index in [4.69, 9.17) is 21.1 Å². The molecule has 1 heterocycles. The molecule has 0 aromatic heterocycles. The highest BCUT2D eigenvalue weighted by Gasteiger charge is 2.21. The van der Waals surface area contributed by atoms with Gasteiger partial charge in [-0.25, -0.2) is 4.79 Å². The molecule has 0 saturated heterocycles. The quantitative estimate of drug-likeness (QED) is 0.852. The van der Waals surface area contributed by atoms with Crippen LogP contribution in [-0.2, 0) is 11.3 Å². The molecule has 1 aliphatic heterocycles. The number of para-hydroxylation sites is 1. The number of amides is 2. The maximum Gasteiger partial charge on any atom is 0.321 e. The molecule has 5 nitrogen and oxygen atoms in total. The molecule has 0 aliphatic carbocycles. The van der Waals surface area contributed by atoms with Gasteiger partial charge in [-0.2, -0.15) is 0 Å². The molecule has 132 valence electrons. The minimum atomic E-state index is -0.345. The second-order valence-electron chi connectivity index (χ2n) is 5.77. The number of hydrogen-bond donors (Lipinski definition) is 1. The largest absolute Gasteiger partial charge is 0.464 e. The molecule has 1 unspecified atom stereocenters. The normalized spacial score (nSPS) is 15.8. The van der Waals surface area contributed by atoms with Crippen molar-refractivity contribution in [3.8, 4) is 5.75 Å². The molecule has 3 rings (SSSR count). The molecule has 2 amide bonds. The third-order valence-electron chi connectivity index (χ3n) is 4.04. The summed E-state index contributed by atoms with van der Waals surface area (Å²) in [4.78, 5) is 14.1. The summed E-state index contributed by atoms with van der Waals surface area (Å²) in [6.45, 7) is 3.60. The molecule has 6 heteroatoms. The van der Waals surface area contributed by atoms with Crippen LogP contribution in [0, 0.1) is 0 Å². The fourth-order valence-electron chi connectivity index (χ4n) is 2.67. The van der Waals surface area contributed by atoms with E-state index in [1.54, 1.807) is 23.1 Å². The second-order valence-corrected chi connectivity index (χ2v) is 6.21. The SMILES string of the molecule is CCN(CCC1OCc2ccccc2O1)C(=O)Nc1cccc(Cl)c1. The molecule has 0 bridgehead atoms. The number of urea groups is 1. The average Bonchev–Trinajstić information content (AvgIpc) is 2.62. The Hall–Kier alpha value is -2.24. The van der Waals surface area contributed by atoms with Gasteiger partial charge in [-0.3, -0.25) is 0 Å². The first-order valence-corrected chi connectivity index (χ1v) is 8.71.